The molecular formula is C20H19FN6O8P2. The number of aromatic nitrogens is 4. The van der Waals surface area contributed by atoms with Crippen LogP contribution in [0.2, 0.25) is 0 Å². The minimum Gasteiger partial charge on any atom is -0.494 e. The van der Waals surface area contributed by atoms with E-state index in [9.17, 15) is 37.9 Å². The number of benzene rings is 2. The van der Waals surface area contributed by atoms with E-state index < -0.39 is 32.4 Å². The Hall–Kier alpha value is -3.71. The number of amides is 1. The number of hydrogen-bond donors (Lipinski definition) is 7. The molecule has 0 spiro atoms. The molecule has 0 bridgehead atoms. The summed E-state index contributed by atoms with van der Waals surface area (Å²) in [6, 6.07) is 9.83. The molecule has 0 atom stereocenters. The number of fused-ring (bicyclic) bond motifs is 1. The van der Waals surface area contributed by atoms with Gasteiger partial charge in [-0.05, 0) is 24.3 Å². The van der Waals surface area contributed by atoms with Crippen LogP contribution in [-0.4, -0.2) is 58.3 Å². The van der Waals surface area contributed by atoms with Crippen molar-refractivity contribution >= 4 is 43.6 Å². The maximum atomic E-state index is 14.0. The summed E-state index contributed by atoms with van der Waals surface area (Å²) < 4.78 is 42.3. The number of anilines is 2. The van der Waals surface area contributed by atoms with Gasteiger partial charge in [0, 0.05) is 22.9 Å². The third-order valence-electron chi connectivity index (χ3n) is 5.01. The van der Waals surface area contributed by atoms with E-state index in [1.54, 1.807) is 0 Å². The van der Waals surface area contributed by atoms with E-state index in [0.29, 0.717) is 0 Å². The van der Waals surface area contributed by atoms with E-state index in [0.717, 1.165) is 6.07 Å². The highest BCUT2D eigenvalue weighted by atomic mass is 31.2. The van der Waals surface area contributed by atoms with Gasteiger partial charge in [-0.1, -0.05) is 12.1 Å². The highest BCUT2D eigenvalue weighted by molar-refractivity contribution is 7.71. The number of carbonyl (C=O) groups excluding carboxylic acids is 1. The number of carbonyl (C=O) groups is 1. The molecular weight excluding hydrogens is 533 g/mol. The number of H-pyrrole nitrogens is 1. The molecule has 4 aromatic rings. The summed E-state index contributed by atoms with van der Waals surface area (Å²) in [6.45, 7) is 0. The molecule has 194 valence electrons. The number of methoxy groups -OCH3 is 1. The number of ether oxygens (including phenoxy) is 1. The Morgan fingerprint density at radius 2 is 1.81 bits per heavy atom. The van der Waals surface area contributed by atoms with Crippen molar-refractivity contribution in [3.05, 3.63) is 60.0 Å². The Kier molecular flexibility index (Phi) is 7.11. The smallest absolute Gasteiger partial charge is 0.360 e. The van der Waals surface area contributed by atoms with Crippen LogP contribution in [0.4, 0.5) is 15.9 Å². The van der Waals surface area contributed by atoms with Crippen molar-refractivity contribution in [2.24, 2.45) is 0 Å². The van der Waals surface area contributed by atoms with Gasteiger partial charge in [-0.25, -0.2) is 14.4 Å². The normalized spacial score (nSPS) is 12.1. The average molecular weight is 552 g/mol. The summed E-state index contributed by atoms with van der Waals surface area (Å²) in [5.41, 5.74) is -1.89. The Labute approximate surface area is 207 Å². The summed E-state index contributed by atoms with van der Waals surface area (Å²) in [4.78, 5) is 59.0. The monoisotopic (exact) mass is 552 g/mol. The molecule has 14 nitrogen and oxygen atoms in total. The van der Waals surface area contributed by atoms with Gasteiger partial charge >= 0.3 is 15.2 Å². The fraction of sp³-hybridized carbons (Fsp3) is 0.100. The van der Waals surface area contributed by atoms with Crippen molar-refractivity contribution in [2.45, 2.75) is 5.52 Å². The summed E-state index contributed by atoms with van der Waals surface area (Å²) in [5.74, 6) is -1.61. The number of hydrogen-bond acceptors (Lipinski definition) is 8. The van der Waals surface area contributed by atoms with E-state index in [4.69, 9.17) is 4.74 Å². The van der Waals surface area contributed by atoms with Gasteiger partial charge in [-0.2, -0.15) is 5.10 Å². The van der Waals surface area contributed by atoms with Gasteiger partial charge in [0.2, 0.25) is 5.52 Å². The lowest BCUT2D eigenvalue weighted by Crippen LogP contribution is -2.21. The van der Waals surface area contributed by atoms with Crippen molar-refractivity contribution < 1.29 is 42.6 Å². The van der Waals surface area contributed by atoms with Crippen LogP contribution in [0.5, 0.6) is 5.75 Å². The first-order valence-corrected chi connectivity index (χ1v) is 13.6. The zero-order chi connectivity index (χ0) is 27.0. The zero-order valence-corrected chi connectivity index (χ0v) is 20.5. The first kappa shape index (κ1) is 26.4. The molecule has 4 rings (SSSR count). The van der Waals surface area contributed by atoms with Crippen molar-refractivity contribution in [2.75, 3.05) is 17.7 Å². The molecule has 37 heavy (non-hydrogen) atoms. The van der Waals surface area contributed by atoms with Gasteiger partial charge in [-0.3, -0.25) is 19.0 Å². The van der Waals surface area contributed by atoms with Crippen molar-refractivity contribution in [1.82, 2.24) is 20.2 Å². The number of halogens is 1. The number of aromatic amines is 1. The number of nitrogens with one attached hydrogen (secondary N) is 3. The SMILES string of the molecule is COc1ccc(NC(=O)c2cccc(-c3nc(NC(P(=O)(O)O)P(=O)(O)O)c4cn[nH]c4n3)c2)cc1F. The van der Waals surface area contributed by atoms with Crippen LogP contribution in [0.25, 0.3) is 22.4 Å². The number of rotatable bonds is 8. The van der Waals surface area contributed by atoms with Crippen LogP contribution in [0.3, 0.4) is 0 Å². The molecule has 0 aliphatic carbocycles. The molecule has 0 saturated heterocycles. The Bertz CT molecular complexity index is 1560. The van der Waals surface area contributed by atoms with Crippen molar-refractivity contribution in [1.29, 1.82) is 0 Å². The fourth-order valence-electron chi connectivity index (χ4n) is 3.31. The van der Waals surface area contributed by atoms with E-state index >= 15 is 0 Å². The second-order valence-corrected chi connectivity index (χ2v) is 11.4. The first-order valence-electron chi connectivity index (χ1n) is 10.2. The average Bonchev–Trinajstić information content (AvgIpc) is 3.30. The van der Waals surface area contributed by atoms with Crippen molar-refractivity contribution in [3.8, 4) is 17.1 Å². The lowest BCUT2D eigenvalue weighted by Gasteiger charge is -2.21. The van der Waals surface area contributed by atoms with Gasteiger partial charge < -0.3 is 34.9 Å². The molecule has 2 aromatic carbocycles. The van der Waals surface area contributed by atoms with Gasteiger partial charge in [0.05, 0.1) is 18.7 Å². The van der Waals surface area contributed by atoms with Gasteiger partial charge in [-0.15, -0.1) is 0 Å². The minimum atomic E-state index is -5.33. The second kappa shape index (κ2) is 9.98. The summed E-state index contributed by atoms with van der Waals surface area (Å²) in [7, 11) is -9.34. The predicted molar refractivity (Wildman–Crippen MR) is 130 cm³/mol. The maximum Gasteiger partial charge on any atom is 0.360 e. The molecule has 17 heteroatoms. The maximum absolute atomic E-state index is 14.0. The quantitative estimate of drug-likeness (QED) is 0.157. The topological polar surface area (TPSA) is 220 Å². The molecule has 0 unspecified atom stereocenters. The van der Waals surface area contributed by atoms with Gasteiger partial charge in [0.25, 0.3) is 5.91 Å². The third kappa shape index (κ3) is 5.83. The van der Waals surface area contributed by atoms with Crippen LogP contribution in [-0.2, 0) is 9.13 Å². The standard InChI is InChI=1S/C20H19FN6O8P2/c1-35-15-6-5-12(8-14(15)21)23-19(28)11-4-2-3-10(7-11)16-24-17(13-9-22-27-18(13)25-16)26-20(36(29,30)31)37(32,33)34/h2-9,20H,1H3,(H,23,28)(H2,29,30,31)(H2,32,33,34)(H2,22,24,25,26,27). The molecule has 2 aromatic heterocycles. The zero-order valence-electron chi connectivity index (χ0n) is 18.7. The lowest BCUT2D eigenvalue weighted by molar-refractivity contribution is 0.102. The van der Waals surface area contributed by atoms with Gasteiger partial charge in [0.15, 0.2) is 23.0 Å². The highest BCUT2D eigenvalue weighted by Crippen LogP contribution is 2.59. The molecule has 7 N–H and O–H groups in total. The second-order valence-electron chi connectivity index (χ2n) is 7.61. The van der Waals surface area contributed by atoms with Crippen LogP contribution >= 0.6 is 15.2 Å². The summed E-state index contributed by atoms with van der Waals surface area (Å²) in [5, 5.41) is 11.1. The molecule has 0 aliphatic rings. The molecule has 1 amide bonds. The van der Waals surface area contributed by atoms with Gasteiger partial charge in [0.1, 0.15) is 5.82 Å². The summed E-state index contributed by atoms with van der Waals surface area (Å²) >= 11 is 0. The van der Waals surface area contributed by atoms with Crippen LogP contribution in [0, 0.1) is 5.82 Å². The van der Waals surface area contributed by atoms with Crippen molar-refractivity contribution in [3.63, 3.8) is 0 Å². The van der Waals surface area contributed by atoms with Crippen LogP contribution in [0.1, 0.15) is 10.4 Å². The Morgan fingerprint density at radius 3 is 2.46 bits per heavy atom. The summed E-state index contributed by atoms with van der Waals surface area (Å²) in [6.07, 6.45) is 1.20. The first-order chi connectivity index (χ1) is 17.4. The Balaban J connectivity index is 1.68. The molecule has 0 radical (unpaired) electrons. The molecule has 0 saturated carbocycles. The number of nitrogens with zero attached hydrogens (tertiary/aromatic N) is 3. The highest BCUT2D eigenvalue weighted by Gasteiger charge is 2.44. The van der Waals surface area contributed by atoms with Crippen LogP contribution < -0.4 is 15.4 Å². The van der Waals surface area contributed by atoms with E-state index in [1.807, 2.05) is 0 Å². The van der Waals surface area contributed by atoms with Crippen LogP contribution in [0.15, 0.2) is 48.7 Å². The predicted octanol–water partition coefficient (Wildman–Crippen LogP) is 2.47. The van der Waals surface area contributed by atoms with E-state index in [-0.39, 0.29) is 45.2 Å². The molecule has 0 aliphatic heterocycles. The largest absolute Gasteiger partial charge is 0.494 e. The molecule has 2 heterocycles. The minimum absolute atomic E-state index is 0.00972. The molecule has 0 fully saturated rings. The Morgan fingerprint density at radius 1 is 1.08 bits per heavy atom. The fourth-order valence-corrected chi connectivity index (χ4v) is 5.46. The van der Waals surface area contributed by atoms with E-state index in [1.165, 1.54) is 49.7 Å². The third-order valence-corrected chi connectivity index (χ3v) is 8.34. The lowest BCUT2D eigenvalue weighted by atomic mass is 10.1. The van der Waals surface area contributed by atoms with E-state index in [2.05, 4.69) is 30.8 Å².